The molecule has 0 amide bonds. The summed E-state index contributed by atoms with van der Waals surface area (Å²) in [5.41, 5.74) is 4.33. The van der Waals surface area contributed by atoms with E-state index in [-0.39, 0.29) is 0 Å². The Morgan fingerprint density at radius 1 is 1.04 bits per heavy atom. The Morgan fingerprint density at radius 2 is 1.88 bits per heavy atom. The number of nitrogens with one attached hydrogen (secondary N) is 2. The minimum Gasteiger partial charge on any atom is -0.493 e. The molecule has 6 heteroatoms. The van der Waals surface area contributed by atoms with Gasteiger partial charge >= 0.3 is 0 Å². The maximum Gasteiger partial charge on any atom is 0.162 e. The average Bonchev–Trinajstić information content (AvgIpc) is 3.08. The minimum atomic E-state index is 0.651. The molecule has 24 heavy (non-hydrogen) atoms. The molecule has 3 aromatic rings. The minimum absolute atomic E-state index is 0.651. The highest BCUT2D eigenvalue weighted by atomic mass is 16.5. The summed E-state index contributed by atoms with van der Waals surface area (Å²) in [7, 11) is 3.23. The van der Waals surface area contributed by atoms with Gasteiger partial charge < -0.3 is 20.1 Å². The summed E-state index contributed by atoms with van der Waals surface area (Å²) in [5, 5.41) is 7.64. The van der Waals surface area contributed by atoms with Gasteiger partial charge in [0.1, 0.15) is 12.1 Å². The molecule has 2 heterocycles. The molecular formula is C18H18N4O2. The van der Waals surface area contributed by atoms with Gasteiger partial charge in [-0.05, 0) is 36.2 Å². The van der Waals surface area contributed by atoms with E-state index in [2.05, 4.69) is 32.7 Å². The molecule has 0 bridgehead atoms. The van der Waals surface area contributed by atoms with E-state index in [0.717, 1.165) is 35.4 Å². The summed E-state index contributed by atoms with van der Waals surface area (Å²) < 4.78 is 10.7. The molecule has 122 valence electrons. The van der Waals surface area contributed by atoms with Crippen LogP contribution in [0.4, 0.5) is 17.2 Å². The Hall–Kier alpha value is -3.02. The summed E-state index contributed by atoms with van der Waals surface area (Å²) in [6.07, 6.45) is 2.59. The van der Waals surface area contributed by atoms with E-state index >= 15 is 0 Å². The maximum absolute atomic E-state index is 5.39. The Bertz CT molecular complexity index is 911. The molecular weight excluding hydrogens is 304 g/mol. The van der Waals surface area contributed by atoms with E-state index in [9.17, 15) is 0 Å². The van der Waals surface area contributed by atoms with Crippen molar-refractivity contribution >= 4 is 28.1 Å². The van der Waals surface area contributed by atoms with Crippen molar-refractivity contribution in [2.45, 2.75) is 6.42 Å². The first-order chi connectivity index (χ1) is 11.8. The second-order valence-electron chi connectivity index (χ2n) is 5.62. The number of fused-ring (bicyclic) bond motifs is 2. The first kappa shape index (κ1) is 14.6. The van der Waals surface area contributed by atoms with Crippen molar-refractivity contribution < 1.29 is 9.47 Å². The van der Waals surface area contributed by atoms with Crippen LogP contribution in [0.5, 0.6) is 11.5 Å². The largest absolute Gasteiger partial charge is 0.493 e. The van der Waals surface area contributed by atoms with Crippen molar-refractivity contribution in [1.29, 1.82) is 0 Å². The predicted molar refractivity (Wildman–Crippen MR) is 94.6 cm³/mol. The number of methoxy groups -OCH3 is 2. The maximum atomic E-state index is 5.39. The van der Waals surface area contributed by atoms with Gasteiger partial charge in [0.25, 0.3) is 0 Å². The Morgan fingerprint density at radius 3 is 2.71 bits per heavy atom. The average molecular weight is 322 g/mol. The molecule has 1 aliphatic heterocycles. The lowest BCUT2D eigenvalue weighted by Crippen LogP contribution is -1.98. The van der Waals surface area contributed by atoms with Gasteiger partial charge in [0, 0.05) is 29.4 Å². The Labute approximate surface area is 139 Å². The van der Waals surface area contributed by atoms with Gasteiger partial charge in [-0.1, -0.05) is 0 Å². The second-order valence-corrected chi connectivity index (χ2v) is 5.62. The first-order valence-electron chi connectivity index (χ1n) is 7.79. The van der Waals surface area contributed by atoms with Gasteiger partial charge in [-0.3, -0.25) is 0 Å². The fourth-order valence-electron chi connectivity index (χ4n) is 3.00. The zero-order valence-corrected chi connectivity index (χ0v) is 13.6. The molecule has 2 aromatic carbocycles. The van der Waals surface area contributed by atoms with Crippen molar-refractivity contribution in [3.05, 3.63) is 42.2 Å². The molecule has 0 spiro atoms. The third kappa shape index (κ3) is 2.46. The van der Waals surface area contributed by atoms with E-state index in [4.69, 9.17) is 9.47 Å². The number of hydrogen-bond acceptors (Lipinski definition) is 6. The van der Waals surface area contributed by atoms with Crippen molar-refractivity contribution in [2.75, 3.05) is 31.4 Å². The van der Waals surface area contributed by atoms with Crippen LogP contribution >= 0.6 is 0 Å². The number of anilines is 3. The van der Waals surface area contributed by atoms with E-state index in [1.807, 2.05) is 18.2 Å². The predicted octanol–water partition coefficient (Wildman–Crippen LogP) is 3.36. The van der Waals surface area contributed by atoms with Gasteiger partial charge in [0.15, 0.2) is 11.5 Å². The lowest BCUT2D eigenvalue weighted by atomic mass is 10.1. The zero-order valence-electron chi connectivity index (χ0n) is 13.6. The van der Waals surface area contributed by atoms with E-state index in [1.165, 1.54) is 11.3 Å². The smallest absolute Gasteiger partial charge is 0.162 e. The van der Waals surface area contributed by atoms with Gasteiger partial charge in [-0.2, -0.15) is 0 Å². The second kappa shape index (κ2) is 5.88. The molecule has 0 fully saturated rings. The van der Waals surface area contributed by atoms with Crippen LogP contribution in [-0.4, -0.2) is 30.7 Å². The van der Waals surface area contributed by atoms with Gasteiger partial charge in [-0.15, -0.1) is 0 Å². The SMILES string of the molecule is COc1cc2ncnc(Nc3ccc4c(c3)CCN4)c2cc1OC. The molecule has 0 saturated carbocycles. The Kier molecular flexibility index (Phi) is 3.57. The third-order valence-corrected chi connectivity index (χ3v) is 4.22. The van der Waals surface area contributed by atoms with E-state index < -0.39 is 0 Å². The van der Waals surface area contributed by atoms with Crippen LogP contribution in [-0.2, 0) is 6.42 Å². The number of aromatic nitrogens is 2. The topological polar surface area (TPSA) is 68.3 Å². The number of benzene rings is 2. The van der Waals surface area contributed by atoms with Crippen molar-refractivity contribution in [2.24, 2.45) is 0 Å². The molecule has 0 aliphatic carbocycles. The molecule has 6 nitrogen and oxygen atoms in total. The van der Waals surface area contributed by atoms with Crippen LogP contribution in [0.25, 0.3) is 10.9 Å². The highest BCUT2D eigenvalue weighted by molar-refractivity contribution is 5.93. The molecule has 4 rings (SSSR count). The van der Waals surface area contributed by atoms with Crippen LogP contribution < -0.4 is 20.1 Å². The summed E-state index contributed by atoms with van der Waals surface area (Å²) in [5.74, 6) is 2.05. The van der Waals surface area contributed by atoms with Gasteiger partial charge in [-0.25, -0.2) is 9.97 Å². The zero-order chi connectivity index (χ0) is 16.5. The Balaban J connectivity index is 1.76. The fourth-order valence-corrected chi connectivity index (χ4v) is 3.00. The van der Waals surface area contributed by atoms with Gasteiger partial charge in [0.05, 0.1) is 19.7 Å². The van der Waals surface area contributed by atoms with E-state index in [0.29, 0.717) is 11.5 Å². The first-order valence-corrected chi connectivity index (χ1v) is 7.79. The normalized spacial score (nSPS) is 12.6. The summed E-state index contributed by atoms with van der Waals surface area (Å²) >= 11 is 0. The van der Waals surface area contributed by atoms with Crippen molar-refractivity contribution in [3.63, 3.8) is 0 Å². The molecule has 0 saturated heterocycles. The van der Waals surface area contributed by atoms with Crippen LogP contribution in [0.1, 0.15) is 5.56 Å². The highest BCUT2D eigenvalue weighted by Gasteiger charge is 2.13. The van der Waals surface area contributed by atoms with Gasteiger partial charge in [0.2, 0.25) is 0 Å². The number of hydrogen-bond donors (Lipinski definition) is 2. The standard InChI is InChI=1S/C18H18N4O2/c1-23-16-8-13-15(9-17(16)24-2)20-10-21-18(13)22-12-3-4-14-11(7-12)5-6-19-14/h3-4,7-10,19H,5-6H2,1-2H3,(H,20,21,22). The highest BCUT2D eigenvalue weighted by Crippen LogP contribution is 2.35. The van der Waals surface area contributed by atoms with Crippen molar-refractivity contribution in [1.82, 2.24) is 9.97 Å². The molecule has 1 aromatic heterocycles. The van der Waals surface area contributed by atoms with Crippen molar-refractivity contribution in [3.8, 4) is 11.5 Å². The summed E-state index contributed by atoms with van der Waals surface area (Å²) in [6, 6.07) is 10.0. The molecule has 0 unspecified atom stereocenters. The number of ether oxygens (including phenoxy) is 2. The molecule has 2 N–H and O–H groups in total. The molecule has 0 atom stereocenters. The molecule has 0 radical (unpaired) electrons. The number of rotatable bonds is 4. The quantitative estimate of drug-likeness (QED) is 0.768. The summed E-state index contributed by atoms with van der Waals surface area (Å²) in [4.78, 5) is 8.72. The van der Waals surface area contributed by atoms with Crippen LogP contribution in [0, 0.1) is 0 Å². The fraction of sp³-hybridized carbons (Fsp3) is 0.222. The number of nitrogens with zero attached hydrogens (tertiary/aromatic N) is 2. The molecule has 1 aliphatic rings. The van der Waals surface area contributed by atoms with Crippen LogP contribution in [0.3, 0.4) is 0 Å². The monoisotopic (exact) mass is 322 g/mol. The summed E-state index contributed by atoms with van der Waals surface area (Å²) in [6.45, 7) is 0.992. The van der Waals surface area contributed by atoms with Crippen LogP contribution in [0.15, 0.2) is 36.7 Å². The lowest BCUT2D eigenvalue weighted by Gasteiger charge is -2.12. The lowest BCUT2D eigenvalue weighted by molar-refractivity contribution is 0.356. The van der Waals surface area contributed by atoms with Crippen LogP contribution in [0.2, 0.25) is 0 Å². The third-order valence-electron chi connectivity index (χ3n) is 4.22. The van der Waals surface area contributed by atoms with E-state index in [1.54, 1.807) is 20.5 Å².